The zero-order chi connectivity index (χ0) is 13.4. The highest BCUT2D eigenvalue weighted by Gasteiger charge is 2.25. The van der Waals surface area contributed by atoms with Crippen LogP contribution in [-0.2, 0) is 28.8 Å². The van der Waals surface area contributed by atoms with Gasteiger partial charge in [0.15, 0.2) is 0 Å². The van der Waals surface area contributed by atoms with E-state index in [2.05, 4.69) is 10.8 Å². The molecule has 0 saturated carbocycles. The molecule has 5 heteroatoms. The SMILES string of the molecule is COC(=O)Cc1cc2c(s1)C(O)c1sccc1CC2. The van der Waals surface area contributed by atoms with Crippen molar-refractivity contribution in [1.82, 2.24) is 0 Å². The summed E-state index contributed by atoms with van der Waals surface area (Å²) in [5.41, 5.74) is 2.41. The Labute approximate surface area is 119 Å². The van der Waals surface area contributed by atoms with Gasteiger partial charge in [-0.25, -0.2) is 0 Å². The van der Waals surface area contributed by atoms with E-state index in [1.807, 2.05) is 11.4 Å². The smallest absolute Gasteiger partial charge is 0.310 e. The van der Waals surface area contributed by atoms with Gasteiger partial charge in [0, 0.05) is 14.6 Å². The first-order valence-corrected chi connectivity index (χ1v) is 7.81. The Morgan fingerprint density at radius 1 is 1.42 bits per heavy atom. The Hall–Kier alpha value is -1.17. The number of rotatable bonds is 2. The van der Waals surface area contributed by atoms with Crippen molar-refractivity contribution < 1.29 is 14.6 Å². The average Bonchev–Trinajstić information content (AvgIpc) is 2.99. The van der Waals surface area contributed by atoms with Gasteiger partial charge in [0.1, 0.15) is 6.10 Å². The highest BCUT2D eigenvalue weighted by Crippen LogP contribution is 2.40. The van der Waals surface area contributed by atoms with Gasteiger partial charge in [-0.05, 0) is 41.5 Å². The summed E-state index contributed by atoms with van der Waals surface area (Å²) < 4.78 is 4.69. The number of aliphatic hydroxyl groups excluding tert-OH is 1. The maximum absolute atomic E-state index is 11.3. The van der Waals surface area contributed by atoms with Crippen molar-refractivity contribution in [3.63, 3.8) is 0 Å². The Morgan fingerprint density at radius 2 is 2.21 bits per heavy atom. The standard InChI is InChI=1S/C14H14O3S2/c1-17-11(15)7-10-6-9-3-2-8-4-5-18-13(8)12(16)14(9)19-10/h4-6,12,16H,2-3,7H2,1H3. The Balaban J connectivity index is 1.94. The number of fused-ring (bicyclic) bond motifs is 2. The molecule has 1 N–H and O–H groups in total. The van der Waals surface area contributed by atoms with E-state index in [0.29, 0.717) is 0 Å². The second kappa shape index (κ2) is 5.07. The van der Waals surface area contributed by atoms with Crippen molar-refractivity contribution in [2.24, 2.45) is 0 Å². The van der Waals surface area contributed by atoms with Crippen LogP contribution in [0.2, 0.25) is 0 Å². The summed E-state index contributed by atoms with van der Waals surface area (Å²) in [7, 11) is 1.40. The van der Waals surface area contributed by atoms with Gasteiger partial charge in [-0.1, -0.05) is 0 Å². The molecule has 3 nitrogen and oxygen atoms in total. The molecule has 1 atom stereocenters. The first kappa shape index (κ1) is 12.8. The van der Waals surface area contributed by atoms with Gasteiger partial charge in [-0.15, -0.1) is 22.7 Å². The summed E-state index contributed by atoms with van der Waals surface area (Å²) in [4.78, 5) is 14.3. The van der Waals surface area contributed by atoms with Gasteiger partial charge >= 0.3 is 5.97 Å². The van der Waals surface area contributed by atoms with Crippen LogP contribution in [0.4, 0.5) is 0 Å². The Morgan fingerprint density at radius 3 is 3.00 bits per heavy atom. The number of hydrogen-bond donors (Lipinski definition) is 1. The number of aliphatic hydroxyl groups is 1. The molecule has 0 saturated heterocycles. The fraction of sp³-hybridized carbons (Fsp3) is 0.357. The number of carbonyl (C=O) groups excluding carboxylic acids is 1. The van der Waals surface area contributed by atoms with Crippen molar-refractivity contribution in [2.45, 2.75) is 25.4 Å². The van der Waals surface area contributed by atoms with E-state index < -0.39 is 6.10 Å². The van der Waals surface area contributed by atoms with Crippen LogP contribution >= 0.6 is 22.7 Å². The third-order valence-electron chi connectivity index (χ3n) is 3.38. The van der Waals surface area contributed by atoms with Gasteiger partial charge < -0.3 is 9.84 Å². The quantitative estimate of drug-likeness (QED) is 0.866. The molecule has 0 aliphatic heterocycles. The third kappa shape index (κ3) is 2.33. The van der Waals surface area contributed by atoms with Crippen molar-refractivity contribution in [2.75, 3.05) is 7.11 Å². The normalized spacial score (nSPS) is 17.5. The van der Waals surface area contributed by atoms with Crippen molar-refractivity contribution in [3.05, 3.63) is 43.3 Å². The minimum absolute atomic E-state index is 0.234. The van der Waals surface area contributed by atoms with Gasteiger partial charge in [-0.3, -0.25) is 4.79 Å². The lowest BCUT2D eigenvalue weighted by atomic mass is 10.1. The largest absolute Gasteiger partial charge is 0.469 e. The van der Waals surface area contributed by atoms with E-state index in [9.17, 15) is 9.90 Å². The van der Waals surface area contributed by atoms with E-state index in [-0.39, 0.29) is 12.4 Å². The summed E-state index contributed by atoms with van der Waals surface area (Å²) >= 11 is 3.13. The van der Waals surface area contributed by atoms with Crippen LogP contribution in [0.5, 0.6) is 0 Å². The van der Waals surface area contributed by atoms with Gasteiger partial charge in [0.25, 0.3) is 0 Å². The molecule has 1 aliphatic rings. The molecule has 1 unspecified atom stereocenters. The molecule has 19 heavy (non-hydrogen) atoms. The number of aryl methyl sites for hydroxylation is 2. The van der Waals surface area contributed by atoms with Gasteiger partial charge in [-0.2, -0.15) is 0 Å². The maximum Gasteiger partial charge on any atom is 0.310 e. The molecule has 0 bridgehead atoms. The molecule has 2 heterocycles. The molecule has 100 valence electrons. The second-order valence-electron chi connectivity index (χ2n) is 4.57. The van der Waals surface area contributed by atoms with Crippen molar-refractivity contribution in [1.29, 1.82) is 0 Å². The van der Waals surface area contributed by atoms with Crippen LogP contribution in [0.1, 0.15) is 31.9 Å². The zero-order valence-electron chi connectivity index (χ0n) is 10.5. The minimum Gasteiger partial charge on any atom is -0.469 e. The third-order valence-corrected chi connectivity index (χ3v) is 5.62. The lowest BCUT2D eigenvalue weighted by Gasteiger charge is -2.07. The molecule has 0 amide bonds. The molecule has 0 aromatic carbocycles. The fourth-order valence-corrected chi connectivity index (χ4v) is 4.63. The molecule has 0 fully saturated rings. The number of hydrogen-bond acceptors (Lipinski definition) is 5. The number of ether oxygens (including phenoxy) is 1. The van der Waals surface area contributed by atoms with E-state index in [1.165, 1.54) is 29.6 Å². The highest BCUT2D eigenvalue weighted by molar-refractivity contribution is 7.13. The first-order valence-electron chi connectivity index (χ1n) is 6.11. The van der Waals surface area contributed by atoms with Crippen LogP contribution in [-0.4, -0.2) is 18.2 Å². The fourth-order valence-electron chi connectivity index (χ4n) is 2.41. The molecule has 2 aromatic heterocycles. The average molecular weight is 294 g/mol. The molecule has 2 aromatic rings. The molecule has 0 radical (unpaired) electrons. The molecule has 1 aliphatic carbocycles. The number of carbonyl (C=O) groups is 1. The molecular weight excluding hydrogens is 280 g/mol. The number of esters is 1. The van der Waals surface area contributed by atoms with Crippen LogP contribution in [0.3, 0.4) is 0 Å². The van der Waals surface area contributed by atoms with Crippen molar-refractivity contribution in [3.8, 4) is 0 Å². The van der Waals surface area contributed by atoms with E-state index in [1.54, 1.807) is 11.3 Å². The van der Waals surface area contributed by atoms with Crippen molar-refractivity contribution >= 4 is 28.6 Å². The summed E-state index contributed by atoms with van der Waals surface area (Å²) in [5.74, 6) is -0.234. The Bertz CT molecular complexity index is 612. The zero-order valence-corrected chi connectivity index (χ0v) is 12.1. The predicted octanol–water partition coefficient (Wildman–Crippen LogP) is 2.71. The summed E-state index contributed by atoms with van der Waals surface area (Å²) in [6.07, 6.45) is 1.63. The van der Waals surface area contributed by atoms with Gasteiger partial charge in [0.05, 0.1) is 13.5 Å². The van der Waals surface area contributed by atoms with Gasteiger partial charge in [0.2, 0.25) is 0 Å². The van der Waals surface area contributed by atoms with Crippen LogP contribution in [0, 0.1) is 0 Å². The van der Waals surface area contributed by atoms with Crippen LogP contribution < -0.4 is 0 Å². The second-order valence-corrected chi connectivity index (χ2v) is 6.68. The predicted molar refractivity (Wildman–Crippen MR) is 75.8 cm³/mol. The first-order chi connectivity index (χ1) is 9.19. The Kier molecular flexibility index (Phi) is 3.43. The summed E-state index contributed by atoms with van der Waals surface area (Å²) in [5, 5.41) is 12.5. The number of methoxy groups -OCH3 is 1. The lowest BCUT2D eigenvalue weighted by Crippen LogP contribution is -2.02. The topological polar surface area (TPSA) is 46.5 Å². The van der Waals surface area contributed by atoms with Crippen LogP contribution in [0.15, 0.2) is 17.5 Å². The lowest BCUT2D eigenvalue weighted by molar-refractivity contribution is -0.139. The maximum atomic E-state index is 11.3. The van der Waals surface area contributed by atoms with Crippen LogP contribution in [0.25, 0.3) is 0 Å². The molecule has 3 rings (SSSR count). The number of thiophene rings is 2. The van der Waals surface area contributed by atoms with E-state index in [4.69, 9.17) is 0 Å². The monoisotopic (exact) mass is 294 g/mol. The summed E-state index contributed by atoms with van der Waals surface area (Å²) in [6.45, 7) is 0. The molecular formula is C14H14O3S2. The minimum atomic E-state index is -0.538. The molecule has 0 spiro atoms. The van der Waals surface area contributed by atoms with E-state index >= 15 is 0 Å². The van der Waals surface area contributed by atoms with E-state index in [0.717, 1.165) is 27.5 Å². The summed E-state index contributed by atoms with van der Waals surface area (Å²) in [6, 6.07) is 4.13. The highest BCUT2D eigenvalue weighted by atomic mass is 32.1.